The predicted molar refractivity (Wildman–Crippen MR) is 51.1 cm³/mol. The van der Waals surface area contributed by atoms with E-state index in [-0.39, 0.29) is 0 Å². The molecule has 1 aromatic rings. The second kappa shape index (κ2) is 3.18. The van der Waals surface area contributed by atoms with Gasteiger partial charge in [0.25, 0.3) is 0 Å². The average molecular weight is 230 g/mol. The summed E-state index contributed by atoms with van der Waals surface area (Å²) in [5, 5.41) is 3.34. The minimum Gasteiger partial charge on any atom is -0.326 e. The van der Waals surface area contributed by atoms with Gasteiger partial charge >= 0.3 is 0 Å². The second-order valence-corrected chi connectivity index (χ2v) is 4.00. The Hall–Kier alpha value is -0.350. The highest BCUT2D eigenvalue weighted by molar-refractivity contribution is 9.10. The van der Waals surface area contributed by atoms with Gasteiger partial charge in [-0.2, -0.15) is 0 Å². The molecule has 4 heteroatoms. The Kier molecular flexibility index (Phi) is 2.19. The van der Waals surface area contributed by atoms with Crippen molar-refractivity contribution in [2.75, 3.05) is 13.1 Å². The monoisotopic (exact) mass is 229 g/mol. The zero-order valence-electron chi connectivity index (χ0n) is 7.05. The summed E-state index contributed by atoms with van der Waals surface area (Å²) in [4.78, 5) is 4.37. The van der Waals surface area contributed by atoms with Crippen molar-refractivity contribution >= 4 is 15.9 Å². The lowest BCUT2D eigenvalue weighted by Crippen LogP contribution is -2.11. The number of nitrogens with one attached hydrogen (secondary N) is 1. The molecule has 0 amide bonds. The van der Waals surface area contributed by atoms with Gasteiger partial charge in [0.05, 0.1) is 6.20 Å². The summed E-state index contributed by atoms with van der Waals surface area (Å²) in [5.41, 5.74) is 0. The fraction of sp³-hybridized carbons (Fsp3) is 0.625. The molecule has 2 heterocycles. The molecule has 0 aromatic carbocycles. The Labute approximate surface area is 80.3 Å². The van der Waals surface area contributed by atoms with Gasteiger partial charge in [-0.15, -0.1) is 0 Å². The maximum atomic E-state index is 4.37. The van der Waals surface area contributed by atoms with E-state index in [4.69, 9.17) is 0 Å². The molecule has 3 nitrogen and oxygen atoms in total. The third-order valence-corrected chi connectivity index (χ3v) is 3.13. The van der Waals surface area contributed by atoms with E-state index in [1.165, 1.54) is 12.2 Å². The van der Waals surface area contributed by atoms with Crippen LogP contribution in [0.1, 0.15) is 18.2 Å². The van der Waals surface area contributed by atoms with E-state index in [0.717, 1.165) is 17.7 Å². The third-order valence-electron chi connectivity index (χ3n) is 2.39. The SMILES string of the molecule is Cn1c(Br)cnc1C1CCNC1. The summed E-state index contributed by atoms with van der Waals surface area (Å²) in [7, 11) is 2.05. The Balaban J connectivity index is 2.26. The number of hydrogen-bond acceptors (Lipinski definition) is 2. The molecule has 1 aromatic heterocycles. The Morgan fingerprint density at radius 3 is 3.08 bits per heavy atom. The van der Waals surface area contributed by atoms with E-state index in [1.807, 2.05) is 13.2 Å². The van der Waals surface area contributed by atoms with Crippen LogP contribution in [0.15, 0.2) is 10.8 Å². The molecular weight excluding hydrogens is 218 g/mol. The highest BCUT2D eigenvalue weighted by Gasteiger charge is 2.20. The van der Waals surface area contributed by atoms with Gasteiger partial charge < -0.3 is 9.88 Å². The van der Waals surface area contributed by atoms with Crippen molar-refractivity contribution < 1.29 is 0 Å². The van der Waals surface area contributed by atoms with Crippen LogP contribution in [-0.4, -0.2) is 22.6 Å². The van der Waals surface area contributed by atoms with Crippen LogP contribution in [0.4, 0.5) is 0 Å². The van der Waals surface area contributed by atoms with Crippen LogP contribution < -0.4 is 5.32 Å². The van der Waals surface area contributed by atoms with Gasteiger partial charge in [0.2, 0.25) is 0 Å². The molecule has 2 rings (SSSR count). The molecule has 1 aliphatic rings. The topological polar surface area (TPSA) is 29.9 Å². The van der Waals surface area contributed by atoms with E-state index in [1.54, 1.807) is 0 Å². The first kappa shape index (κ1) is 8.26. The fourth-order valence-corrected chi connectivity index (χ4v) is 1.94. The molecule has 1 fully saturated rings. The lowest BCUT2D eigenvalue weighted by atomic mass is 10.1. The summed E-state index contributed by atoms with van der Waals surface area (Å²) >= 11 is 3.44. The largest absolute Gasteiger partial charge is 0.326 e. The van der Waals surface area contributed by atoms with Gasteiger partial charge in [0.1, 0.15) is 10.4 Å². The quantitative estimate of drug-likeness (QED) is 0.787. The van der Waals surface area contributed by atoms with Crippen LogP contribution in [0.2, 0.25) is 0 Å². The zero-order chi connectivity index (χ0) is 8.55. The molecule has 1 unspecified atom stereocenters. The maximum Gasteiger partial charge on any atom is 0.113 e. The number of imidazole rings is 1. The number of halogens is 1. The molecule has 1 atom stereocenters. The maximum absolute atomic E-state index is 4.37. The van der Waals surface area contributed by atoms with Crippen molar-refractivity contribution in [3.8, 4) is 0 Å². The lowest BCUT2D eigenvalue weighted by Gasteiger charge is -2.07. The standard InChI is InChI=1S/C8H12BrN3/c1-12-7(9)5-11-8(12)6-2-3-10-4-6/h5-6,10H,2-4H2,1H3. The summed E-state index contributed by atoms with van der Waals surface area (Å²) < 4.78 is 3.17. The summed E-state index contributed by atoms with van der Waals surface area (Å²) in [6.07, 6.45) is 3.07. The Bertz CT molecular complexity index is 276. The van der Waals surface area contributed by atoms with Gasteiger partial charge in [-0.05, 0) is 28.9 Å². The van der Waals surface area contributed by atoms with Crippen molar-refractivity contribution in [1.29, 1.82) is 0 Å². The van der Waals surface area contributed by atoms with E-state index in [2.05, 4.69) is 30.8 Å². The molecule has 12 heavy (non-hydrogen) atoms. The first-order valence-corrected chi connectivity index (χ1v) is 4.96. The molecule has 0 bridgehead atoms. The first-order chi connectivity index (χ1) is 5.79. The van der Waals surface area contributed by atoms with Crippen molar-refractivity contribution in [2.45, 2.75) is 12.3 Å². The second-order valence-electron chi connectivity index (χ2n) is 3.19. The fourth-order valence-electron chi connectivity index (χ4n) is 1.66. The van der Waals surface area contributed by atoms with Crippen molar-refractivity contribution in [1.82, 2.24) is 14.9 Å². The molecular formula is C8H12BrN3. The van der Waals surface area contributed by atoms with Gasteiger partial charge in [0.15, 0.2) is 0 Å². The molecule has 1 aliphatic heterocycles. The van der Waals surface area contributed by atoms with Crippen molar-refractivity contribution in [2.24, 2.45) is 7.05 Å². The molecule has 66 valence electrons. The van der Waals surface area contributed by atoms with E-state index >= 15 is 0 Å². The van der Waals surface area contributed by atoms with Crippen LogP contribution >= 0.6 is 15.9 Å². The first-order valence-electron chi connectivity index (χ1n) is 4.17. The van der Waals surface area contributed by atoms with Gasteiger partial charge in [-0.25, -0.2) is 4.98 Å². The van der Waals surface area contributed by atoms with Gasteiger partial charge in [-0.3, -0.25) is 0 Å². The molecule has 0 aliphatic carbocycles. The predicted octanol–water partition coefficient (Wildman–Crippen LogP) is 1.26. The number of rotatable bonds is 1. The van der Waals surface area contributed by atoms with Crippen LogP contribution in [0.5, 0.6) is 0 Å². The van der Waals surface area contributed by atoms with E-state index in [9.17, 15) is 0 Å². The van der Waals surface area contributed by atoms with Crippen LogP contribution in [0.25, 0.3) is 0 Å². The summed E-state index contributed by atoms with van der Waals surface area (Å²) in [5.74, 6) is 1.79. The summed E-state index contributed by atoms with van der Waals surface area (Å²) in [6, 6.07) is 0. The highest BCUT2D eigenvalue weighted by Crippen LogP contribution is 2.23. The molecule has 1 saturated heterocycles. The van der Waals surface area contributed by atoms with Crippen LogP contribution in [0.3, 0.4) is 0 Å². The molecule has 0 saturated carbocycles. The lowest BCUT2D eigenvalue weighted by molar-refractivity contribution is 0.655. The van der Waals surface area contributed by atoms with Crippen LogP contribution in [0, 0.1) is 0 Å². The molecule has 0 spiro atoms. The van der Waals surface area contributed by atoms with E-state index < -0.39 is 0 Å². The third kappa shape index (κ3) is 1.29. The molecule has 1 N–H and O–H groups in total. The zero-order valence-corrected chi connectivity index (χ0v) is 8.63. The minimum absolute atomic E-state index is 0.598. The smallest absolute Gasteiger partial charge is 0.113 e. The minimum atomic E-state index is 0.598. The number of aromatic nitrogens is 2. The highest BCUT2D eigenvalue weighted by atomic mass is 79.9. The Morgan fingerprint density at radius 2 is 2.58 bits per heavy atom. The number of nitrogens with zero attached hydrogens (tertiary/aromatic N) is 2. The summed E-state index contributed by atoms with van der Waals surface area (Å²) in [6.45, 7) is 2.19. The van der Waals surface area contributed by atoms with Gasteiger partial charge in [-0.1, -0.05) is 0 Å². The van der Waals surface area contributed by atoms with Crippen molar-refractivity contribution in [3.63, 3.8) is 0 Å². The van der Waals surface area contributed by atoms with E-state index in [0.29, 0.717) is 5.92 Å². The molecule has 0 radical (unpaired) electrons. The van der Waals surface area contributed by atoms with Crippen molar-refractivity contribution in [3.05, 3.63) is 16.6 Å². The number of hydrogen-bond donors (Lipinski definition) is 1. The van der Waals surface area contributed by atoms with Gasteiger partial charge in [0, 0.05) is 19.5 Å². The normalized spacial score (nSPS) is 23.3. The average Bonchev–Trinajstić information content (AvgIpc) is 2.64. The Morgan fingerprint density at radius 1 is 1.75 bits per heavy atom. The van der Waals surface area contributed by atoms with Crippen LogP contribution in [-0.2, 0) is 7.05 Å².